The SMILES string of the molecule is COc1cc(CN2CCN(C3CC4(CCNCC4)C3)[C@H](c3ccccc3C(C)C)C2)cc2c1OCC2(C)C. The van der Waals surface area contributed by atoms with Crippen LogP contribution in [0.2, 0.25) is 0 Å². The standard InChI is InChI=1S/C33H47N3O2/c1-23(2)26-8-6-7-9-27(26)29-21-35(14-15-36(29)25-18-33(19-25)10-12-34-13-11-33)20-24-16-28-31(30(17-24)37-5)38-22-32(28,3)4/h6-9,16-17,23,25,29,34H,10-15,18-22H2,1-5H3/t29-/m0/s1. The summed E-state index contributed by atoms with van der Waals surface area (Å²) < 4.78 is 11.8. The largest absolute Gasteiger partial charge is 0.493 e. The van der Waals surface area contributed by atoms with Crippen molar-refractivity contribution < 1.29 is 9.47 Å². The van der Waals surface area contributed by atoms with Gasteiger partial charge in [-0.15, -0.1) is 0 Å². The molecule has 0 radical (unpaired) electrons. The molecule has 5 nitrogen and oxygen atoms in total. The van der Waals surface area contributed by atoms with Gasteiger partial charge in [-0.3, -0.25) is 9.80 Å². The Morgan fingerprint density at radius 1 is 1.08 bits per heavy atom. The Kier molecular flexibility index (Phi) is 6.99. The molecular weight excluding hydrogens is 470 g/mol. The maximum Gasteiger partial charge on any atom is 0.165 e. The molecule has 2 saturated heterocycles. The first-order chi connectivity index (χ1) is 18.3. The van der Waals surface area contributed by atoms with Crippen LogP contribution in [-0.2, 0) is 12.0 Å². The molecule has 0 bridgehead atoms. The van der Waals surface area contributed by atoms with Crippen LogP contribution in [0.25, 0.3) is 0 Å². The summed E-state index contributed by atoms with van der Waals surface area (Å²) in [5.74, 6) is 2.35. The number of piperazine rings is 1. The first kappa shape index (κ1) is 26.2. The number of rotatable bonds is 6. The first-order valence-corrected chi connectivity index (χ1v) is 14.9. The number of ether oxygens (including phenoxy) is 2. The normalized spacial score (nSPS) is 25.3. The number of hydrogen-bond acceptors (Lipinski definition) is 5. The highest BCUT2D eigenvalue weighted by molar-refractivity contribution is 5.55. The molecule has 0 aromatic heterocycles. The van der Waals surface area contributed by atoms with Crippen molar-refractivity contribution in [3.8, 4) is 11.5 Å². The van der Waals surface area contributed by atoms with Gasteiger partial charge < -0.3 is 14.8 Å². The van der Waals surface area contributed by atoms with Crippen LogP contribution in [0.15, 0.2) is 36.4 Å². The number of hydrogen-bond donors (Lipinski definition) is 1. The topological polar surface area (TPSA) is 37.0 Å². The minimum absolute atomic E-state index is 0.0187. The van der Waals surface area contributed by atoms with Crippen LogP contribution in [0.3, 0.4) is 0 Å². The van der Waals surface area contributed by atoms with Gasteiger partial charge in [0.05, 0.1) is 13.7 Å². The maximum atomic E-state index is 6.05. The molecular formula is C33H47N3O2. The van der Waals surface area contributed by atoms with Gasteiger partial charge in [0, 0.05) is 49.2 Å². The molecule has 38 heavy (non-hydrogen) atoms. The third kappa shape index (κ3) is 4.76. The van der Waals surface area contributed by atoms with E-state index in [1.807, 2.05) is 0 Å². The molecule has 5 heteroatoms. The molecule has 4 aliphatic rings. The summed E-state index contributed by atoms with van der Waals surface area (Å²) in [4.78, 5) is 5.58. The molecule has 1 saturated carbocycles. The zero-order valence-corrected chi connectivity index (χ0v) is 24.2. The molecule has 3 heterocycles. The average molecular weight is 518 g/mol. The zero-order chi connectivity index (χ0) is 26.5. The van der Waals surface area contributed by atoms with Crippen LogP contribution in [-0.4, -0.2) is 62.3 Å². The van der Waals surface area contributed by atoms with Crippen molar-refractivity contribution in [1.82, 2.24) is 15.1 Å². The number of nitrogens with zero attached hydrogens (tertiary/aromatic N) is 2. The summed E-state index contributed by atoms with van der Waals surface area (Å²) in [6.45, 7) is 16.6. The number of benzene rings is 2. The van der Waals surface area contributed by atoms with Gasteiger partial charge in [0.1, 0.15) is 0 Å². The summed E-state index contributed by atoms with van der Waals surface area (Å²) in [6, 6.07) is 15.0. The zero-order valence-electron chi connectivity index (χ0n) is 24.2. The lowest BCUT2D eigenvalue weighted by atomic mass is 9.60. The Labute approximate surface area is 229 Å². The van der Waals surface area contributed by atoms with Gasteiger partial charge in [0.25, 0.3) is 0 Å². The van der Waals surface area contributed by atoms with E-state index < -0.39 is 0 Å². The average Bonchev–Trinajstić information content (AvgIpc) is 3.21. The summed E-state index contributed by atoms with van der Waals surface area (Å²) >= 11 is 0. The van der Waals surface area contributed by atoms with E-state index in [1.54, 1.807) is 12.7 Å². The Morgan fingerprint density at radius 3 is 2.58 bits per heavy atom. The van der Waals surface area contributed by atoms with Gasteiger partial charge in [-0.25, -0.2) is 0 Å². The van der Waals surface area contributed by atoms with Crippen molar-refractivity contribution in [3.63, 3.8) is 0 Å². The summed E-state index contributed by atoms with van der Waals surface area (Å²) in [7, 11) is 1.76. The highest BCUT2D eigenvalue weighted by Gasteiger charge is 2.49. The van der Waals surface area contributed by atoms with Crippen molar-refractivity contribution in [1.29, 1.82) is 0 Å². The lowest BCUT2D eigenvalue weighted by Crippen LogP contribution is -2.59. The van der Waals surface area contributed by atoms with Gasteiger partial charge in [0.2, 0.25) is 0 Å². The van der Waals surface area contributed by atoms with Gasteiger partial charge in [0.15, 0.2) is 11.5 Å². The molecule has 206 valence electrons. The molecule has 3 aliphatic heterocycles. The molecule has 1 aliphatic carbocycles. The Balaban J connectivity index is 1.26. The Bertz CT molecular complexity index is 1140. The molecule has 0 amide bonds. The molecule has 1 spiro atoms. The van der Waals surface area contributed by atoms with E-state index in [0.717, 1.165) is 43.7 Å². The van der Waals surface area contributed by atoms with Crippen molar-refractivity contribution in [2.24, 2.45) is 5.41 Å². The summed E-state index contributed by atoms with van der Waals surface area (Å²) in [5.41, 5.74) is 6.29. The van der Waals surface area contributed by atoms with Crippen molar-refractivity contribution >= 4 is 0 Å². The van der Waals surface area contributed by atoms with E-state index in [1.165, 1.54) is 55.5 Å². The molecule has 1 atom stereocenters. The highest BCUT2D eigenvalue weighted by Crippen LogP contribution is 2.52. The summed E-state index contributed by atoms with van der Waals surface area (Å²) in [6.07, 6.45) is 5.48. The molecule has 2 aromatic rings. The van der Waals surface area contributed by atoms with Crippen LogP contribution in [0.1, 0.15) is 87.6 Å². The maximum absolute atomic E-state index is 6.05. The molecule has 3 fully saturated rings. The quantitative estimate of drug-likeness (QED) is 0.518. The second-order valence-corrected chi connectivity index (χ2v) is 13.4. The second kappa shape index (κ2) is 10.1. The molecule has 2 aromatic carbocycles. The van der Waals surface area contributed by atoms with Crippen LogP contribution < -0.4 is 14.8 Å². The third-order valence-corrected chi connectivity index (χ3v) is 10.0. The van der Waals surface area contributed by atoms with Crippen molar-refractivity contribution in [3.05, 3.63) is 58.7 Å². The van der Waals surface area contributed by atoms with Gasteiger partial charge in [-0.1, -0.05) is 52.0 Å². The number of nitrogens with one attached hydrogen (secondary N) is 1. The number of fused-ring (bicyclic) bond motifs is 1. The van der Waals surface area contributed by atoms with Crippen molar-refractivity contribution in [2.45, 2.75) is 83.3 Å². The Hall–Kier alpha value is -2.08. The van der Waals surface area contributed by atoms with Gasteiger partial charge >= 0.3 is 0 Å². The number of methoxy groups -OCH3 is 1. The van der Waals surface area contributed by atoms with E-state index >= 15 is 0 Å². The second-order valence-electron chi connectivity index (χ2n) is 13.4. The van der Waals surface area contributed by atoms with Crippen LogP contribution in [0.5, 0.6) is 11.5 Å². The van der Waals surface area contributed by atoms with Crippen LogP contribution >= 0.6 is 0 Å². The fourth-order valence-electron chi connectivity index (χ4n) is 7.73. The first-order valence-electron chi connectivity index (χ1n) is 14.9. The summed E-state index contributed by atoms with van der Waals surface area (Å²) in [5, 5.41) is 3.58. The molecule has 1 N–H and O–H groups in total. The van der Waals surface area contributed by atoms with Crippen molar-refractivity contribution in [2.75, 3.05) is 46.4 Å². The fourth-order valence-corrected chi connectivity index (χ4v) is 7.73. The van der Waals surface area contributed by atoms with E-state index in [2.05, 4.69) is 79.2 Å². The third-order valence-electron chi connectivity index (χ3n) is 10.0. The Morgan fingerprint density at radius 2 is 1.84 bits per heavy atom. The minimum Gasteiger partial charge on any atom is -0.493 e. The monoisotopic (exact) mass is 517 g/mol. The predicted octanol–water partition coefficient (Wildman–Crippen LogP) is 5.88. The minimum atomic E-state index is 0.0187. The smallest absolute Gasteiger partial charge is 0.165 e. The lowest BCUT2D eigenvalue weighted by molar-refractivity contribution is -0.0650. The van der Waals surface area contributed by atoms with E-state index in [0.29, 0.717) is 24.0 Å². The predicted molar refractivity (Wildman–Crippen MR) is 154 cm³/mol. The fraction of sp³-hybridized carbons (Fsp3) is 0.636. The lowest BCUT2D eigenvalue weighted by Gasteiger charge is -2.57. The number of piperidine rings is 1. The molecule has 0 unspecified atom stereocenters. The van der Waals surface area contributed by atoms with Crippen LogP contribution in [0.4, 0.5) is 0 Å². The van der Waals surface area contributed by atoms with Gasteiger partial charge in [-0.05, 0) is 78.9 Å². The highest BCUT2D eigenvalue weighted by atomic mass is 16.5. The van der Waals surface area contributed by atoms with E-state index in [9.17, 15) is 0 Å². The van der Waals surface area contributed by atoms with E-state index in [-0.39, 0.29) is 5.41 Å². The van der Waals surface area contributed by atoms with E-state index in [4.69, 9.17) is 9.47 Å². The van der Waals surface area contributed by atoms with Crippen LogP contribution in [0, 0.1) is 5.41 Å². The van der Waals surface area contributed by atoms with Gasteiger partial charge in [-0.2, -0.15) is 0 Å². The molecule has 6 rings (SSSR count).